The molecule has 19 heavy (non-hydrogen) atoms. The van der Waals surface area contributed by atoms with Crippen molar-refractivity contribution >= 4 is 32.5 Å². The number of H-pyrrole nitrogens is 1. The quantitative estimate of drug-likeness (QED) is 0.761. The second-order valence-corrected chi connectivity index (χ2v) is 5.82. The van der Waals surface area contributed by atoms with Crippen molar-refractivity contribution in [2.75, 3.05) is 11.9 Å². The van der Waals surface area contributed by atoms with E-state index in [0.717, 1.165) is 40.4 Å². The second-order valence-electron chi connectivity index (χ2n) is 4.90. The molecule has 0 spiro atoms. The fraction of sp³-hybridized carbons (Fsp3) is 0.357. The minimum absolute atomic E-state index is 0.176. The molecular weight excluding hydrogens is 306 g/mol. The summed E-state index contributed by atoms with van der Waals surface area (Å²) in [5.41, 5.74) is 2.03. The molecule has 2 atom stereocenters. The molecule has 0 fully saturated rings. The fourth-order valence-electron chi connectivity index (χ4n) is 2.47. The summed E-state index contributed by atoms with van der Waals surface area (Å²) in [5.74, 6) is 0.176. The largest absolute Gasteiger partial charge is 0.392 e. The average molecular weight is 322 g/mol. The van der Waals surface area contributed by atoms with Crippen molar-refractivity contribution in [1.82, 2.24) is 10.2 Å². The predicted octanol–water partition coefficient (Wildman–Crippen LogP) is 3.06. The molecule has 1 heterocycles. The van der Waals surface area contributed by atoms with Crippen LogP contribution in [0.25, 0.3) is 10.9 Å². The Morgan fingerprint density at radius 3 is 3.21 bits per heavy atom. The molecule has 3 rings (SSSR count). The molecule has 1 aliphatic carbocycles. The third-order valence-corrected chi connectivity index (χ3v) is 4.02. The van der Waals surface area contributed by atoms with E-state index >= 15 is 0 Å². The number of aliphatic hydroxyl groups excluding tert-OH is 1. The first-order valence-corrected chi connectivity index (χ1v) is 7.24. The molecule has 0 bridgehead atoms. The van der Waals surface area contributed by atoms with Crippen LogP contribution in [-0.2, 0) is 0 Å². The van der Waals surface area contributed by atoms with Crippen LogP contribution in [0.15, 0.2) is 35.0 Å². The number of allylic oxidation sites excluding steroid dienone is 1. The fourth-order valence-corrected chi connectivity index (χ4v) is 2.93. The van der Waals surface area contributed by atoms with Crippen molar-refractivity contribution in [3.05, 3.63) is 35.0 Å². The summed E-state index contributed by atoms with van der Waals surface area (Å²) < 4.78 is 1.01. The first kappa shape index (κ1) is 12.7. The molecule has 3 N–H and O–H groups in total. The molecule has 0 saturated carbocycles. The molecule has 1 aromatic heterocycles. The Morgan fingerprint density at radius 2 is 2.37 bits per heavy atom. The Hall–Kier alpha value is -1.33. The smallest absolute Gasteiger partial charge is 0.0682 e. The number of hydrogen-bond acceptors (Lipinski definition) is 3. The number of aromatic amines is 1. The van der Waals surface area contributed by atoms with Crippen molar-refractivity contribution in [2.45, 2.75) is 18.9 Å². The van der Waals surface area contributed by atoms with Crippen molar-refractivity contribution in [3.63, 3.8) is 0 Å². The zero-order valence-corrected chi connectivity index (χ0v) is 12.0. The van der Waals surface area contributed by atoms with E-state index < -0.39 is 0 Å². The lowest BCUT2D eigenvalue weighted by atomic mass is 9.92. The molecule has 0 saturated heterocycles. The summed E-state index contributed by atoms with van der Waals surface area (Å²) in [7, 11) is 0. The zero-order valence-electron chi connectivity index (χ0n) is 10.4. The standard InChI is InChI=1S/C14H16BrN3O/c15-10-5-12(11-8-17-18-13(11)6-10)16-7-9-3-1-2-4-14(9)19/h1,3,5-6,8-9,14,16,19H,2,4,7H2,(H,17,18)/t9-,14+/m0/s1. The molecule has 0 unspecified atom stereocenters. The van der Waals surface area contributed by atoms with Crippen molar-refractivity contribution in [2.24, 2.45) is 5.92 Å². The SMILES string of the molecule is O[C@@H]1CCC=C[C@H]1CNc1cc(Br)cc2[nH]ncc12. The van der Waals surface area contributed by atoms with E-state index in [1.165, 1.54) is 0 Å². The number of rotatable bonds is 3. The van der Waals surface area contributed by atoms with Crippen LogP contribution in [-0.4, -0.2) is 28.0 Å². The molecule has 4 nitrogen and oxygen atoms in total. The number of aromatic nitrogens is 2. The highest BCUT2D eigenvalue weighted by molar-refractivity contribution is 9.10. The van der Waals surface area contributed by atoms with Gasteiger partial charge in [0.2, 0.25) is 0 Å². The average Bonchev–Trinajstić information content (AvgIpc) is 2.85. The molecule has 1 aromatic carbocycles. The molecule has 100 valence electrons. The van der Waals surface area contributed by atoms with Crippen molar-refractivity contribution in [1.29, 1.82) is 0 Å². The Labute approximate surface area is 120 Å². The molecule has 0 amide bonds. The second kappa shape index (κ2) is 5.35. The minimum atomic E-state index is -0.246. The van der Waals surface area contributed by atoms with E-state index in [1.807, 2.05) is 18.3 Å². The summed E-state index contributed by atoms with van der Waals surface area (Å²) >= 11 is 3.49. The molecule has 0 radical (unpaired) electrons. The van der Waals surface area contributed by atoms with Gasteiger partial charge in [0.05, 0.1) is 17.8 Å². The summed E-state index contributed by atoms with van der Waals surface area (Å²) in [5, 5.41) is 21.5. The molecule has 0 aliphatic heterocycles. The van der Waals surface area contributed by atoms with Gasteiger partial charge in [-0.15, -0.1) is 0 Å². The molecular formula is C14H16BrN3O. The number of nitrogens with zero attached hydrogens (tertiary/aromatic N) is 1. The van der Waals surface area contributed by atoms with Gasteiger partial charge in [0.25, 0.3) is 0 Å². The van der Waals surface area contributed by atoms with E-state index in [-0.39, 0.29) is 12.0 Å². The van der Waals surface area contributed by atoms with Gasteiger partial charge in [-0.25, -0.2) is 0 Å². The maximum Gasteiger partial charge on any atom is 0.0682 e. The Morgan fingerprint density at radius 1 is 1.47 bits per heavy atom. The number of nitrogens with one attached hydrogen (secondary N) is 2. The van der Waals surface area contributed by atoms with Gasteiger partial charge < -0.3 is 10.4 Å². The van der Waals surface area contributed by atoms with Crippen LogP contribution >= 0.6 is 15.9 Å². The van der Waals surface area contributed by atoms with Crippen LogP contribution in [0, 0.1) is 5.92 Å². The van der Waals surface area contributed by atoms with Crippen LogP contribution in [0.5, 0.6) is 0 Å². The predicted molar refractivity (Wildman–Crippen MR) is 80.2 cm³/mol. The normalized spacial score (nSPS) is 22.8. The van der Waals surface area contributed by atoms with Gasteiger partial charge in [0.15, 0.2) is 0 Å². The lowest BCUT2D eigenvalue weighted by Gasteiger charge is -2.23. The number of hydrogen-bond donors (Lipinski definition) is 3. The Bertz CT molecular complexity index is 608. The summed E-state index contributed by atoms with van der Waals surface area (Å²) in [6.45, 7) is 0.731. The van der Waals surface area contributed by atoms with Gasteiger partial charge in [-0.1, -0.05) is 28.1 Å². The van der Waals surface area contributed by atoms with E-state index in [2.05, 4.69) is 43.6 Å². The molecule has 2 aromatic rings. The molecule has 5 heteroatoms. The van der Waals surface area contributed by atoms with Crippen LogP contribution in [0.2, 0.25) is 0 Å². The van der Waals surface area contributed by atoms with Crippen molar-refractivity contribution in [3.8, 4) is 0 Å². The van der Waals surface area contributed by atoms with Crippen molar-refractivity contribution < 1.29 is 5.11 Å². The number of fused-ring (bicyclic) bond motifs is 1. The highest BCUT2D eigenvalue weighted by atomic mass is 79.9. The lowest BCUT2D eigenvalue weighted by molar-refractivity contribution is 0.121. The maximum atomic E-state index is 9.96. The number of anilines is 1. The first-order chi connectivity index (χ1) is 9.24. The van der Waals surface area contributed by atoms with E-state index in [1.54, 1.807) is 0 Å². The summed E-state index contributed by atoms with van der Waals surface area (Å²) in [6.07, 6.45) is 7.64. The topological polar surface area (TPSA) is 60.9 Å². The number of benzene rings is 1. The lowest BCUT2D eigenvalue weighted by Crippen LogP contribution is -2.27. The number of aliphatic hydroxyl groups is 1. The third kappa shape index (κ3) is 2.67. The van der Waals surface area contributed by atoms with Gasteiger partial charge in [0, 0.05) is 28.0 Å². The highest BCUT2D eigenvalue weighted by Crippen LogP contribution is 2.27. The van der Waals surface area contributed by atoms with E-state index in [9.17, 15) is 5.11 Å². The first-order valence-electron chi connectivity index (χ1n) is 6.45. The Kier molecular flexibility index (Phi) is 3.57. The third-order valence-electron chi connectivity index (χ3n) is 3.56. The van der Waals surface area contributed by atoms with Crippen LogP contribution < -0.4 is 5.32 Å². The van der Waals surface area contributed by atoms with Gasteiger partial charge in [-0.05, 0) is 25.0 Å². The van der Waals surface area contributed by atoms with Crippen LogP contribution in [0.1, 0.15) is 12.8 Å². The summed E-state index contributed by atoms with van der Waals surface area (Å²) in [4.78, 5) is 0. The van der Waals surface area contributed by atoms with Gasteiger partial charge >= 0.3 is 0 Å². The van der Waals surface area contributed by atoms with Gasteiger partial charge in [-0.2, -0.15) is 5.10 Å². The minimum Gasteiger partial charge on any atom is -0.392 e. The van der Waals surface area contributed by atoms with Gasteiger partial charge in [0.1, 0.15) is 0 Å². The van der Waals surface area contributed by atoms with E-state index in [0.29, 0.717) is 0 Å². The molecule has 1 aliphatic rings. The van der Waals surface area contributed by atoms with Crippen LogP contribution in [0.3, 0.4) is 0 Å². The number of halogens is 1. The highest BCUT2D eigenvalue weighted by Gasteiger charge is 2.19. The maximum absolute atomic E-state index is 9.96. The zero-order chi connectivity index (χ0) is 13.2. The Balaban J connectivity index is 1.79. The summed E-state index contributed by atoms with van der Waals surface area (Å²) in [6, 6.07) is 4.04. The monoisotopic (exact) mass is 321 g/mol. The van der Waals surface area contributed by atoms with Gasteiger partial charge in [-0.3, -0.25) is 5.10 Å². The van der Waals surface area contributed by atoms with E-state index in [4.69, 9.17) is 0 Å². The van der Waals surface area contributed by atoms with Crippen LogP contribution in [0.4, 0.5) is 5.69 Å².